The van der Waals surface area contributed by atoms with Gasteiger partial charge in [-0.25, -0.2) is 14.1 Å². The van der Waals surface area contributed by atoms with Crippen LogP contribution in [0.3, 0.4) is 0 Å². The molecule has 1 aromatic carbocycles. The number of carboxylic acids is 1. The Balaban J connectivity index is 2.31. The molecule has 0 atom stereocenters. The summed E-state index contributed by atoms with van der Waals surface area (Å²) in [4.78, 5) is 14.7. The highest BCUT2D eigenvalue weighted by Gasteiger charge is 2.27. The summed E-state index contributed by atoms with van der Waals surface area (Å²) in [5.41, 5.74) is 1.51. The summed E-state index contributed by atoms with van der Waals surface area (Å²) < 4.78 is 38.5. The first-order valence-corrected chi connectivity index (χ1v) is 8.66. The molecular weight excluding hydrogens is 344 g/mol. The normalized spacial score (nSPS) is 11.2. The number of carbonyl (C=O) groups is 1. The average molecular weight is 358 g/mol. The number of aromatic carboxylic acids is 1. The second-order valence-corrected chi connectivity index (χ2v) is 6.59. The number of ether oxygens (including phenoxy) is 1. The lowest BCUT2D eigenvalue weighted by atomic mass is 10.1. The van der Waals surface area contributed by atoms with E-state index in [1.807, 2.05) is 0 Å². The van der Waals surface area contributed by atoms with Gasteiger partial charge in [0.1, 0.15) is 10.8 Å². The number of aromatic nitrogens is 1. The third-order valence-corrected chi connectivity index (χ3v) is 4.92. The Morgan fingerprint density at radius 2 is 2.09 bits per heavy atom. The van der Waals surface area contributed by atoms with Crippen LogP contribution < -0.4 is 9.04 Å². The largest absolute Gasteiger partial charge is 0.496 e. The number of benzene rings is 1. The molecule has 8 nitrogen and oxygen atoms in total. The van der Waals surface area contributed by atoms with Crippen LogP contribution in [-0.4, -0.2) is 42.7 Å². The molecule has 10 heteroatoms. The highest BCUT2D eigenvalue weighted by molar-refractivity contribution is 7.87. The molecule has 0 radical (unpaired) electrons. The fourth-order valence-electron chi connectivity index (χ4n) is 2.02. The summed E-state index contributed by atoms with van der Waals surface area (Å²) in [6.07, 6.45) is 0.223. The minimum atomic E-state index is -4.63. The predicted molar refractivity (Wildman–Crippen MR) is 84.7 cm³/mol. The molecule has 1 aromatic heterocycles. The van der Waals surface area contributed by atoms with Crippen molar-refractivity contribution < 1.29 is 27.6 Å². The minimum absolute atomic E-state index is 0.144. The van der Waals surface area contributed by atoms with E-state index in [1.165, 1.54) is 12.6 Å². The van der Waals surface area contributed by atoms with Gasteiger partial charge in [0.25, 0.3) is 0 Å². The van der Waals surface area contributed by atoms with E-state index >= 15 is 0 Å². The number of hydrogen-bond donors (Lipinski definition) is 2. The van der Waals surface area contributed by atoms with Crippen LogP contribution in [0.2, 0.25) is 0 Å². The smallest absolute Gasteiger partial charge is 0.360 e. The Hall–Kier alpha value is -2.17. The Bertz CT molecular complexity index is 802. The van der Waals surface area contributed by atoms with E-state index in [2.05, 4.69) is 4.98 Å². The van der Waals surface area contributed by atoms with E-state index in [-0.39, 0.29) is 18.0 Å². The molecular formula is C13H14N2O6S2. The van der Waals surface area contributed by atoms with Crippen molar-refractivity contribution in [3.63, 3.8) is 0 Å². The van der Waals surface area contributed by atoms with Crippen molar-refractivity contribution in [3.05, 3.63) is 41.0 Å². The molecule has 0 aliphatic heterocycles. The third kappa shape index (κ3) is 3.97. The van der Waals surface area contributed by atoms with E-state index in [0.717, 1.165) is 16.9 Å². The zero-order valence-corrected chi connectivity index (χ0v) is 13.7. The molecule has 2 aromatic rings. The average Bonchev–Trinajstić information content (AvgIpc) is 2.96. The molecule has 0 aliphatic rings. The topological polar surface area (TPSA) is 117 Å². The van der Waals surface area contributed by atoms with E-state index in [9.17, 15) is 17.8 Å². The van der Waals surface area contributed by atoms with Crippen molar-refractivity contribution in [2.24, 2.45) is 0 Å². The molecule has 124 valence electrons. The van der Waals surface area contributed by atoms with Crippen LogP contribution in [0.25, 0.3) is 0 Å². The van der Waals surface area contributed by atoms with E-state index in [4.69, 9.17) is 9.84 Å². The minimum Gasteiger partial charge on any atom is -0.496 e. The first-order valence-electron chi connectivity index (χ1n) is 6.38. The fraction of sp³-hybridized carbons (Fsp3) is 0.231. The molecule has 0 saturated carbocycles. The molecule has 2 rings (SSSR count). The van der Waals surface area contributed by atoms with Crippen molar-refractivity contribution in [1.82, 2.24) is 4.98 Å². The van der Waals surface area contributed by atoms with E-state index in [1.54, 1.807) is 24.3 Å². The summed E-state index contributed by atoms with van der Waals surface area (Å²) in [5, 5.41) is 8.91. The summed E-state index contributed by atoms with van der Waals surface area (Å²) >= 11 is 0.822. The van der Waals surface area contributed by atoms with Crippen molar-refractivity contribution in [3.8, 4) is 5.75 Å². The number of nitrogens with zero attached hydrogens (tertiary/aromatic N) is 2. The Kier molecular flexibility index (Phi) is 5.19. The Labute approximate surface area is 136 Å². The van der Waals surface area contributed by atoms with Gasteiger partial charge in [-0.3, -0.25) is 4.55 Å². The van der Waals surface area contributed by atoms with Gasteiger partial charge in [0.2, 0.25) is 0 Å². The lowest BCUT2D eigenvalue weighted by Gasteiger charge is -2.19. The molecule has 2 N–H and O–H groups in total. The first-order chi connectivity index (χ1) is 10.8. The van der Waals surface area contributed by atoms with Gasteiger partial charge in [0.15, 0.2) is 5.69 Å². The number of anilines is 1. The SMILES string of the molecule is COc1ccccc1CCN(c1scnc1C(=O)O)S(=O)(=O)O. The molecule has 0 bridgehead atoms. The number of thiazole rings is 1. The van der Waals surface area contributed by atoms with E-state index in [0.29, 0.717) is 10.1 Å². The number of methoxy groups -OCH3 is 1. The maximum atomic E-state index is 11.6. The standard InChI is InChI=1S/C13H14N2O6S2/c1-21-10-5-3-2-4-9(10)6-7-15(23(18,19)20)12-11(13(16)17)14-8-22-12/h2-5,8H,6-7H2,1H3,(H,16,17)(H,18,19,20). The molecule has 0 amide bonds. The van der Waals surface area contributed by atoms with Crippen molar-refractivity contribution in [1.29, 1.82) is 0 Å². The molecule has 0 spiro atoms. The molecule has 23 heavy (non-hydrogen) atoms. The van der Waals surface area contributed by atoms with Gasteiger partial charge < -0.3 is 9.84 Å². The van der Waals surface area contributed by atoms with Crippen molar-refractivity contribution in [2.75, 3.05) is 18.0 Å². The van der Waals surface area contributed by atoms with Gasteiger partial charge in [-0.1, -0.05) is 18.2 Å². The second-order valence-electron chi connectivity index (χ2n) is 4.42. The maximum absolute atomic E-state index is 11.6. The second kappa shape index (κ2) is 6.94. The van der Waals surface area contributed by atoms with Crippen LogP contribution >= 0.6 is 11.3 Å². The highest BCUT2D eigenvalue weighted by Crippen LogP contribution is 2.28. The predicted octanol–water partition coefficient (Wildman–Crippen LogP) is 1.70. The van der Waals surface area contributed by atoms with Crippen LogP contribution in [0, 0.1) is 0 Å². The lowest BCUT2D eigenvalue weighted by molar-refractivity contribution is 0.0692. The zero-order chi connectivity index (χ0) is 17.0. The van der Waals surface area contributed by atoms with Gasteiger partial charge in [0.05, 0.1) is 12.6 Å². The number of rotatable bonds is 7. The first kappa shape index (κ1) is 17.2. The Morgan fingerprint density at radius 3 is 2.70 bits per heavy atom. The fourth-order valence-corrected chi connectivity index (χ4v) is 3.76. The summed E-state index contributed by atoms with van der Waals surface area (Å²) in [5.74, 6) is -0.794. The molecule has 0 fully saturated rings. The lowest BCUT2D eigenvalue weighted by Crippen LogP contribution is -2.33. The van der Waals surface area contributed by atoms with Crippen molar-refractivity contribution in [2.45, 2.75) is 6.42 Å². The Morgan fingerprint density at radius 1 is 1.39 bits per heavy atom. The van der Waals surface area contributed by atoms with Gasteiger partial charge in [-0.05, 0) is 18.1 Å². The molecule has 0 aliphatic carbocycles. The third-order valence-electron chi connectivity index (χ3n) is 3.03. The highest BCUT2D eigenvalue weighted by atomic mass is 32.2. The quantitative estimate of drug-likeness (QED) is 0.723. The monoisotopic (exact) mass is 358 g/mol. The van der Waals surface area contributed by atoms with Crippen LogP contribution in [0.5, 0.6) is 5.75 Å². The van der Waals surface area contributed by atoms with Crippen molar-refractivity contribution >= 4 is 32.6 Å². The zero-order valence-electron chi connectivity index (χ0n) is 12.0. The van der Waals surface area contributed by atoms with Gasteiger partial charge in [-0.15, -0.1) is 11.3 Å². The molecule has 1 heterocycles. The maximum Gasteiger partial charge on any atom is 0.360 e. The summed E-state index contributed by atoms with van der Waals surface area (Å²) in [6, 6.07) is 7.02. The van der Waals surface area contributed by atoms with Gasteiger partial charge in [-0.2, -0.15) is 8.42 Å². The molecule has 0 unspecified atom stereocenters. The number of carboxylic acid groups (broad SMARTS) is 1. The summed E-state index contributed by atoms with van der Waals surface area (Å²) in [6.45, 7) is -0.151. The van der Waals surface area contributed by atoms with E-state index < -0.39 is 22.0 Å². The number of hydrogen-bond acceptors (Lipinski definition) is 6. The number of para-hydroxylation sites is 1. The van der Waals surface area contributed by atoms with Gasteiger partial charge >= 0.3 is 16.3 Å². The van der Waals surface area contributed by atoms with Crippen LogP contribution in [0.1, 0.15) is 16.1 Å². The van der Waals surface area contributed by atoms with Gasteiger partial charge in [0, 0.05) is 6.54 Å². The summed E-state index contributed by atoms with van der Waals surface area (Å²) in [7, 11) is -3.14. The van der Waals surface area contributed by atoms with Crippen LogP contribution in [0.15, 0.2) is 29.8 Å². The molecule has 0 saturated heterocycles. The van der Waals surface area contributed by atoms with Crippen LogP contribution in [-0.2, 0) is 16.7 Å². The van der Waals surface area contributed by atoms with Crippen LogP contribution in [0.4, 0.5) is 5.00 Å².